The zero-order valence-electron chi connectivity index (χ0n) is 10.9. The van der Waals surface area contributed by atoms with Gasteiger partial charge in [0.15, 0.2) is 0 Å². The van der Waals surface area contributed by atoms with E-state index in [1.54, 1.807) is 6.20 Å². The number of carbonyl (C=O) groups is 1. The van der Waals surface area contributed by atoms with Crippen LogP contribution in [-0.4, -0.2) is 21.9 Å². The molecule has 0 radical (unpaired) electrons. The predicted molar refractivity (Wildman–Crippen MR) is 75.0 cm³/mol. The van der Waals surface area contributed by atoms with E-state index >= 15 is 0 Å². The Labute approximate surface area is 111 Å². The molecule has 1 aliphatic rings. The molecule has 4 N–H and O–H groups in total. The summed E-state index contributed by atoms with van der Waals surface area (Å²) in [6, 6.07) is 2.33. The summed E-state index contributed by atoms with van der Waals surface area (Å²) in [4.78, 5) is 18.9. The Kier molecular flexibility index (Phi) is 2.89. The van der Waals surface area contributed by atoms with Crippen LogP contribution in [-0.2, 0) is 0 Å². The first-order valence-corrected chi connectivity index (χ1v) is 6.69. The first-order valence-electron chi connectivity index (χ1n) is 6.69. The highest BCUT2D eigenvalue weighted by Gasteiger charge is 2.25. The maximum absolute atomic E-state index is 11.6. The molecule has 2 atom stereocenters. The quantitative estimate of drug-likeness (QED) is 0.789. The number of nitrogens with zero attached hydrogens (tertiary/aromatic N) is 1. The van der Waals surface area contributed by atoms with Crippen LogP contribution in [0.25, 0.3) is 11.0 Å². The second-order valence-corrected chi connectivity index (χ2v) is 5.31. The number of nitrogens with two attached hydrogens (primary N) is 1. The van der Waals surface area contributed by atoms with E-state index in [0.717, 1.165) is 23.1 Å². The van der Waals surface area contributed by atoms with Gasteiger partial charge in [-0.15, -0.1) is 0 Å². The first-order chi connectivity index (χ1) is 9.16. The van der Waals surface area contributed by atoms with Crippen LogP contribution in [0.4, 0.5) is 5.69 Å². The Morgan fingerprint density at radius 3 is 3.05 bits per heavy atom. The monoisotopic (exact) mass is 258 g/mol. The molecule has 2 aromatic heterocycles. The van der Waals surface area contributed by atoms with Crippen LogP contribution in [0, 0.1) is 5.92 Å². The van der Waals surface area contributed by atoms with Gasteiger partial charge in [0.05, 0.1) is 11.3 Å². The van der Waals surface area contributed by atoms with Crippen LogP contribution in [0.1, 0.15) is 36.5 Å². The number of pyridine rings is 1. The van der Waals surface area contributed by atoms with Crippen molar-refractivity contribution in [1.82, 2.24) is 9.97 Å². The zero-order valence-corrected chi connectivity index (χ0v) is 10.9. The number of carbonyl (C=O) groups excluding carboxylic acids is 1. The third kappa shape index (κ3) is 2.05. The van der Waals surface area contributed by atoms with Crippen molar-refractivity contribution in [2.75, 3.05) is 5.32 Å². The van der Waals surface area contributed by atoms with Gasteiger partial charge in [-0.1, -0.05) is 13.3 Å². The van der Waals surface area contributed by atoms with Gasteiger partial charge in [-0.25, -0.2) is 4.98 Å². The average Bonchev–Trinajstić information content (AvgIpc) is 2.99. The van der Waals surface area contributed by atoms with Crippen LogP contribution < -0.4 is 11.1 Å². The largest absolute Gasteiger partial charge is 0.381 e. The SMILES string of the molecule is C[C@@H]1CCC[C@@H]1Nc1c(C(N)=O)cnc2[nH]ccc12. The number of H-pyrrole nitrogens is 1. The first kappa shape index (κ1) is 12.0. The van der Waals surface area contributed by atoms with E-state index in [9.17, 15) is 4.79 Å². The Hall–Kier alpha value is -2.04. The number of aromatic amines is 1. The van der Waals surface area contributed by atoms with Gasteiger partial charge in [0.1, 0.15) is 5.65 Å². The van der Waals surface area contributed by atoms with Gasteiger partial charge < -0.3 is 16.0 Å². The summed E-state index contributed by atoms with van der Waals surface area (Å²) >= 11 is 0. The minimum absolute atomic E-state index is 0.401. The molecule has 5 heteroatoms. The molecule has 100 valence electrons. The van der Waals surface area contributed by atoms with E-state index in [-0.39, 0.29) is 0 Å². The maximum atomic E-state index is 11.6. The van der Waals surface area contributed by atoms with E-state index in [0.29, 0.717) is 17.5 Å². The molecule has 1 saturated carbocycles. The number of rotatable bonds is 3. The minimum atomic E-state index is -0.441. The molecule has 5 nitrogen and oxygen atoms in total. The molecule has 0 aromatic carbocycles. The predicted octanol–water partition coefficient (Wildman–Crippen LogP) is 2.26. The summed E-state index contributed by atoms with van der Waals surface area (Å²) in [7, 11) is 0. The highest BCUT2D eigenvalue weighted by molar-refractivity contribution is 6.05. The molecule has 0 unspecified atom stereocenters. The highest BCUT2D eigenvalue weighted by atomic mass is 16.1. The van der Waals surface area contributed by atoms with E-state index in [1.165, 1.54) is 12.8 Å². The summed E-state index contributed by atoms with van der Waals surface area (Å²) in [5, 5.41) is 4.44. The van der Waals surface area contributed by atoms with Gasteiger partial charge in [0.2, 0.25) is 0 Å². The zero-order chi connectivity index (χ0) is 13.4. The number of hydrogen-bond donors (Lipinski definition) is 3. The van der Waals surface area contributed by atoms with Crippen molar-refractivity contribution >= 4 is 22.6 Å². The molecule has 2 heterocycles. The second-order valence-electron chi connectivity index (χ2n) is 5.31. The molecule has 0 spiro atoms. The molecule has 0 aliphatic heterocycles. The van der Waals surface area contributed by atoms with Gasteiger partial charge in [-0.05, 0) is 24.8 Å². The normalized spacial score (nSPS) is 22.8. The van der Waals surface area contributed by atoms with Crippen LogP contribution in [0.5, 0.6) is 0 Å². The smallest absolute Gasteiger partial charge is 0.252 e. The van der Waals surface area contributed by atoms with Crippen molar-refractivity contribution in [3.8, 4) is 0 Å². The summed E-state index contributed by atoms with van der Waals surface area (Å²) in [5.74, 6) is 0.173. The van der Waals surface area contributed by atoms with Crippen LogP contribution in [0.2, 0.25) is 0 Å². The standard InChI is InChI=1S/C14H18N4O/c1-8-3-2-4-11(8)18-12-9-5-6-16-14(9)17-7-10(12)13(15)19/h5-8,11H,2-4H2,1H3,(H2,15,19)(H2,16,17,18)/t8-,11+/m1/s1. The fraction of sp³-hybridized carbons (Fsp3) is 0.429. The lowest BCUT2D eigenvalue weighted by Crippen LogP contribution is -2.24. The number of anilines is 1. The van der Waals surface area contributed by atoms with Crippen molar-refractivity contribution in [2.24, 2.45) is 11.7 Å². The Bertz CT molecular complexity index is 619. The lowest BCUT2D eigenvalue weighted by molar-refractivity contribution is 0.100. The van der Waals surface area contributed by atoms with Crippen molar-refractivity contribution < 1.29 is 4.79 Å². The molecule has 19 heavy (non-hydrogen) atoms. The third-order valence-electron chi connectivity index (χ3n) is 4.04. The molecule has 1 aliphatic carbocycles. The Balaban J connectivity index is 2.05. The van der Waals surface area contributed by atoms with Crippen molar-refractivity contribution in [3.05, 3.63) is 24.0 Å². The topological polar surface area (TPSA) is 83.8 Å². The summed E-state index contributed by atoms with van der Waals surface area (Å²) < 4.78 is 0. The molecule has 1 fully saturated rings. The highest BCUT2D eigenvalue weighted by Crippen LogP contribution is 2.32. The molecule has 1 amide bonds. The van der Waals surface area contributed by atoms with Gasteiger partial charge in [-0.2, -0.15) is 0 Å². The van der Waals surface area contributed by atoms with Crippen molar-refractivity contribution in [2.45, 2.75) is 32.2 Å². The third-order valence-corrected chi connectivity index (χ3v) is 4.04. The molecule has 0 bridgehead atoms. The molecular formula is C14H18N4O. The molecular weight excluding hydrogens is 240 g/mol. The van der Waals surface area contributed by atoms with Crippen LogP contribution >= 0.6 is 0 Å². The molecule has 0 saturated heterocycles. The van der Waals surface area contributed by atoms with Gasteiger partial charge in [-0.3, -0.25) is 4.79 Å². The lowest BCUT2D eigenvalue weighted by atomic mass is 10.0. The van der Waals surface area contributed by atoms with Gasteiger partial charge in [0.25, 0.3) is 5.91 Å². The fourth-order valence-electron chi connectivity index (χ4n) is 2.90. The molecule has 3 rings (SSSR count). The van der Waals surface area contributed by atoms with Crippen LogP contribution in [0.15, 0.2) is 18.5 Å². The maximum Gasteiger partial charge on any atom is 0.252 e. The van der Waals surface area contributed by atoms with Gasteiger partial charge in [0, 0.05) is 23.8 Å². The Morgan fingerprint density at radius 2 is 2.37 bits per heavy atom. The van der Waals surface area contributed by atoms with E-state index in [1.807, 2.05) is 12.3 Å². The van der Waals surface area contributed by atoms with Crippen LogP contribution in [0.3, 0.4) is 0 Å². The number of fused-ring (bicyclic) bond motifs is 1. The number of hydrogen-bond acceptors (Lipinski definition) is 3. The minimum Gasteiger partial charge on any atom is -0.381 e. The summed E-state index contributed by atoms with van der Waals surface area (Å²) in [6.07, 6.45) is 6.96. The second kappa shape index (κ2) is 4.57. The number of nitrogens with one attached hydrogen (secondary N) is 2. The van der Waals surface area contributed by atoms with Gasteiger partial charge >= 0.3 is 0 Å². The number of primary amides is 1. The molecule has 2 aromatic rings. The van der Waals surface area contributed by atoms with E-state index in [2.05, 4.69) is 22.2 Å². The van der Waals surface area contributed by atoms with E-state index in [4.69, 9.17) is 5.73 Å². The fourth-order valence-corrected chi connectivity index (χ4v) is 2.90. The van der Waals surface area contributed by atoms with Crippen molar-refractivity contribution in [1.29, 1.82) is 0 Å². The lowest BCUT2D eigenvalue weighted by Gasteiger charge is -2.20. The number of aromatic nitrogens is 2. The number of amides is 1. The van der Waals surface area contributed by atoms with E-state index < -0.39 is 5.91 Å². The average molecular weight is 258 g/mol. The van der Waals surface area contributed by atoms with Crippen molar-refractivity contribution in [3.63, 3.8) is 0 Å². The Morgan fingerprint density at radius 1 is 1.53 bits per heavy atom. The summed E-state index contributed by atoms with van der Waals surface area (Å²) in [5.41, 5.74) is 7.51. The summed E-state index contributed by atoms with van der Waals surface area (Å²) in [6.45, 7) is 2.24.